The van der Waals surface area contributed by atoms with Crippen molar-refractivity contribution >= 4 is 35.6 Å². The zero-order valence-corrected chi connectivity index (χ0v) is 13.6. The van der Waals surface area contributed by atoms with Crippen LogP contribution in [-0.2, 0) is 4.79 Å². The molecule has 2 aromatic carbocycles. The Balaban J connectivity index is 1.83. The van der Waals surface area contributed by atoms with Crippen molar-refractivity contribution in [3.8, 4) is 5.75 Å². The third-order valence-electron chi connectivity index (χ3n) is 3.47. The molecule has 1 aliphatic rings. The highest BCUT2D eigenvalue weighted by Gasteiger charge is 2.29. The minimum absolute atomic E-state index is 0.108. The number of allylic oxidation sites excluding steroid dienone is 1. The molecular weight excluding hydrogens is 344 g/mol. The van der Waals surface area contributed by atoms with Gasteiger partial charge in [-0.25, -0.2) is 9.59 Å². The summed E-state index contributed by atoms with van der Waals surface area (Å²) in [6, 6.07) is 11.2. The van der Waals surface area contributed by atoms with Gasteiger partial charge in [-0.2, -0.15) is 0 Å². The van der Waals surface area contributed by atoms with E-state index in [-0.39, 0.29) is 11.3 Å². The van der Waals surface area contributed by atoms with E-state index in [2.05, 4.69) is 0 Å². The molecule has 0 saturated carbocycles. The molecule has 0 saturated heterocycles. The molecule has 3 rings (SSSR count). The van der Waals surface area contributed by atoms with Crippen LogP contribution < -0.4 is 4.74 Å². The highest BCUT2D eigenvalue weighted by molar-refractivity contribution is 8.05. The summed E-state index contributed by atoms with van der Waals surface area (Å²) in [4.78, 5) is 35.1. The third kappa shape index (κ3) is 3.56. The molecule has 0 amide bonds. The monoisotopic (exact) mass is 356 g/mol. The fourth-order valence-corrected chi connectivity index (χ4v) is 3.49. The first-order valence-corrected chi connectivity index (χ1v) is 8.02. The molecule has 0 aromatic heterocycles. The number of rotatable bonds is 5. The van der Waals surface area contributed by atoms with Crippen LogP contribution >= 0.6 is 11.8 Å². The molecule has 0 aliphatic carbocycles. The number of carbonyl (C=O) groups excluding carboxylic acids is 1. The molecule has 6 nitrogen and oxygen atoms in total. The zero-order valence-electron chi connectivity index (χ0n) is 12.8. The lowest BCUT2D eigenvalue weighted by atomic mass is 10.1. The number of aliphatic carboxylic acids is 1. The summed E-state index contributed by atoms with van der Waals surface area (Å²) < 4.78 is 5.05. The normalized spacial score (nSPS) is 14.4. The number of ether oxygens (including phenoxy) is 1. The van der Waals surface area contributed by atoms with Crippen molar-refractivity contribution in [3.63, 3.8) is 0 Å². The Morgan fingerprint density at radius 3 is 2.44 bits per heavy atom. The molecular formula is C18H12O6S. The van der Waals surface area contributed by atoms with E-state index >= 15 is 0 Å². The Bertz CT molecular complexity index is 898. The molecule has 0 unspecified atom stereocenters. The number of fused-ring (bicyclic) bond motifs is 1. The first kappa shape index (κ1) is 16.8. The van der Waals surface area contributed by atoms with E-state index in [1.165, 1.54) is 6.07 Å². The minimum Gasteiger partial charge on any atom is -0.482 e. The number of carbonyl (C=O) groups is 3. The quantitative estimate of drug-likeness (QED) is 0.794. The van der Waals surface area contributed by atoms with Crippen LogP contribution in [0.5, 0.6) is 5.75 Å². The number of ketones is 1. The summed E-state index contributed by atoms with van der Waals surface area (Å²) in [5.41, 5.74) is 1.22. The predicted molar refractivity (Wildman–Crippen MR) is 91.1 cm³/mol. The maximum atomic E-state index is 12.4. The SMILES string of the molecule is O=C(O)COc1ccc(/C=C2/Sc3c(C(=O)O)cccc3C2=O)cc1. The van der Waals surface area contributed by atoms with Gasteiger partial charge in [0.15, 0.2) is 6.61 Å². The van der Waals surface area contributed by atoms with Crippen molar-refractivity contribution in [2.24, 2.45) is 0 Å². The summed E-state index contributed by atoms with van der Waals surface area (Å²) in [7, 11) is 0. The van der Waals surface area contributed by atoms with E-state index in [9.17, 15) is 19.5 Å². The number of hydrogen-bond acceptors (Lipinski definition) is 5. The molecule has 0 bridgehead atoms. The number of Topliss-reactive ketones (excluding diaryl/α,β-unsaturated/α-hetero) is 1. The molecule has 2 aromatic rings. The molecule has 25 heavy (non-hydrogen) atoms. The van der Waals surface area contributed by atoms with Gasteiger partial charge in [-0.05, 0) is 35.9 Å². The predicted octanol–water partition coefficient (Wildman–Crippen LogP) is 3.18. The second kappa shape index (κ2) is 6.82. The summed E-state index contributed by atoms with van der Waals surface area (Å²) in [5.74, 6) is -1.94. The number of thioether (sulfide) groups is 1. The molecule has 1 heterocycles. The Morgan fingerprint density at radius 1 is 1.08 bits per heavy atom. The zero-order chi connectivity index (χ0) is 18.0. The van der Waals surface area contributed by atoms with Crippen molar-refractivity contribution in [2.75, 3.05) is 6.61 Å². The maximum Gasteiger partial charge on any atom is 0.341 e. The Morgan fingerprint density at radius 2 is 1.80 bits per heavy atom. The summed E-state index contributed by atoms with van der Waals surface area (Å²) in [6.45, 7) is -0.429. The second-order valence-corrected chi connectivity index (χ2v) is 6.23. The van der Waals surface area contributed by atoms with Gasteiger partial charge >= 0.3 is 11.9 Å². The maximum absolute atomic E-state index is 12.4. The largest absolute Gasteiger partial charge is 0.482 e. The smallest absolute Gasteiger partial charge is 0.341 e. The topological polar surface area (TPSA) is 101 Å². The lowest BCUT2D eigenvalue weighted by Crippen LogP contribution is -2.09. The molecule has 2 N–H and O–H groups in total. The Kier molecular flexibility index (Phi) is 4.58. The van der Waals surface area contributed by atoms with Crippen LogP contribution in [0.4, 0.5) is 0 Å². The minimum atomic E-state index is -1.07. The number of carboxylic acids is 2. The Labute approximate surface area is 146 Å². The average molecular weight is 356 g/mol. The molecule has 1 aliphatic heterocycles. The fraction of sp³-hybridized carbons (Fsp3) is 0.0556. The van der Waals surface area contributed by atoms with Gasteiger partial charge in [-0.3, -0.25) is 4.79 Å². The number of hydrogen-bond donors (Lipinski definition) is 2. The fourth-order valence-electron chi connectivity index (χ4n) is 2.33. The number of aromatic carboxylic acids is 1. The molecule has 126 valence electrons. The first-order valence-electron chi connectivity index (χ1n) is 7.21. The van der Waals surface area contributed by atoms with Gasteiger partial charge in [0, 0.05) is 10.5 Å². The lowest BCUT2D eigenvalue weighted by Gasteiger charge is -2.03. The third-order valence-corrected chi connectivity index (χ3v) is 4.63. The molecule has 0 fully saturated rings. The van der Waals surface area contributed by atoms with E-state index < -0.39 is 18.5 Å². The van der Waals surface area contributed by atoms with Gasteiger partial charge in [0.2, 0.25) is 5.78 Å². The van der Waals surface area contributed by atoms with Crippen LogP contribution in [0.15, 0.2) is 52.3 Å². The second-order valence-electron chi connectivity index (χ2n) is 5.18. The highest BCUT2D eigenvalue weighted by atomic mass is 32.2. The first-order chi connectivity index (χ1) is 12.0. The highest BCUT2D eigenvalue weighted by Crippen LogP contribution is 2.42. The van der Waals surface area contributed by atoms with Crippen molar-refractivity contribution in [2.45, 2.75) is 4.90 Å². The van der Waals surface area contributed by atoms with E-state index in [4.69, 9.17) is 9.84 Å². The van der Waals surface area contributed by atoms with Crippen molar-refractivity contribution in [3.05, 3.63) is 64.1 Å². The summed E-state index contributed by atoms with van der Waals surface area (Å²) in [6.07, 6.45) is 1.67. The van der Waals surface area contributed by atoms with Gasteiger partial charge in [-0.15, -0.1) is 0 Å². The van der Waals surface area contributed by atoms with Crippen LogP contribution in [0.1, 0.15) is 26.3 Å². The molecule has 0 spiro atoms. The van der Waals surface area contributed by atoms with Gasteiger partial charge < -0.3 is 14.9 Å². The van der Waals surface area contributed by atoms with Crippen LogP contribution in [0, 0.1) is 0 Å². The van der Waals surface area contributed by atoms with E-state index in [1.54, 1.807) is 42.5 Å². The lowest BCUT2D eigenvalue weighted by molar-refractivity contribution is -0.139. The number of carboxylic acid groups (broad SMARTS) is 2. The van der Waals surface area contributed by atoms with Crippen LogP contribution in [0.2, 0.25) is 0 Å². The van der Waals surface area contributed by atoms with Crippen molar-refractivity contribution in [1.82, 2.24) is 0 Å². The summed E-state index contributed by atoms with van der Waals surface area (Å²) >= 11 is 1.13. The van der Waals surface area contributed by atoms with Crippen molar-refractivity contribution < 1.29 is 29.3 Å². The van der Waals surface area contributed by atoms with Gasteiger partial charge in [0.25, 0.3) is 0 Å². The van der Waals surface area contributed by atoms with Gasteiger partial charge in [0.05, 0.1) is 10.5 Å². The number of benzene rings is 2. The van der Waals surface area contributed by atoms with Gasteiger partial charge in [-0.1, -0.05) is 30.0 Å². The van der Waals surface area contributed by atoms with Crippen LogP contribution in [-0.4, -0.2) is 34.5 Å². The van der Waals surface area contributed by atoms with E-state index in [0.29, 0.717) is 21.1 Å². The summed E-state index contributed by atoms with van der Waals surface area (Å²) in [5, 5.41) is 17.8. The van der Waals surface area contributed by atoms with Crippen molar-refractivity contribution in [1.29, 1.82) is 0 Å². The van der Waals surface area contributed by atoms with E-state index in [1.807, 2.05) is 0 Å². The van der Waals surface area contributed by atoms with Crippen LogP contribution in [0.25, 0.3) is 6.08 Å². The Hall–Kier alpha value is -3.06. The van der Waals surface area contributed by atoms with Gasteiger partial charge in [0.1, 0.15) is 5.75 Å². The van der Waals surface area contributed by atoms with E-state index in [0.717, 1.165) is 17.3 Å². The molecule has 7 heteroatoms. The molecule has 0 radical (unpaired) electrons. The standard InChI is InChI=1S/C18H12O6S/c19-15(20)9-24-11-6-4-10(5-7-11)8-14-16(21)12-2-1-3-13(18(22)23)17(12)25-14/h1-8H,9H2,(H,19,20)(H,22,23)/b14-8+. The average Bonchev–Trinajstić information content (AvgIpc) is 2.90. The molecule has 0 atom stereocenters. The van der Waals surface area contributed by atoms with Crippen LogP contribution in [0.3, 0.4) is 0 Å².